The number of carbonyl (C=O) groups excluding carboxylic acids is 1. The van der Waals surface area contributed by atoms with E-state index in [-0.39, 0.29) is 41.8 Å². The monoisotopic (exact) mass is 568 g/mol. The number of aliphatic imine (C=N–C) groups is 1. The number of carbonyl (C=O) groups is 1. The van der Waals surface area contributed by atoms with Crippen LogP contribution in [-0.2, 0) is 16.0 Å². The highest BCUT2D eigenvalue weighted by molar-refractivity contribution is 14.0. The molecule has 1 aromatic carbocycles. The normalized spacial score (nSPS) is 20.1. The molecule has 1 amide bonds. The summed E-state index contributed by atoms with van der Waals surface area (Å²) in [5.41, 5.74) is 0.666. The van der Waals surface area contributed by atoms with Crippen LogP contribution in [0.3, 0.4) is 0 Å². The highest BCUT2D eigenvalue weighted by Crippen LogP contribution is 2.17. The lowest BCUT2D eigenvalue weighted by Crippen LogP contribution is -2.55. The smallest absolute Gasteiger partial charge is 0.251 e. The molecule has 0 bridgehead atoms. The standard InChI is InChI=1S/C19H26BrFN4O2.HI/c1-22-19(23-7-6-14-13-15(20)4-5-16(14)21)25-10-8-24(9-11-25)18(26)17-3-2-12-27-17;/h4-5,13,17H,2-3,6-12H2,1H3,(H,22,23);1H. The van der Waals surface area contributed by atoms with E-state index in [2.05, 4.69) is 31.1 Å². The quantitative estimate of drug-likeness (QED) is 0.345. The van der Waals surface area contributed by atoms with E-state index in [4.69, 9.17) is 4.74 Å². The molecule has 6 nitrogen and oxygen atoms in total. The number of guanidine groups is 1. The molecule has 0 radical (unpaired) electrons. The van der Waals surface area contributed by atoms with Gasteiger partial charge in [0, 0.05) is 50.9 Å². The van der Waals surface area contributed by atoms with E-state index in [1.165, 1.54) is 6.07 Å². The Morgan fingerprint density at radius 3 is 2.68 bits per heavy atom. The molecule has 2 heterocycles. The number of halogens is 3. The fourth-order valence-electron chi connectivity index (χ4n) is 3.49. The summed E-state index contributed by atoms with van der Waals surface area (Å²) >= 11 is 3.37. The first-order valence-corrected chi connectivity index (χ1v) is 10.2. The van der Waals surface area contributed by atoms with Crippen molar-refractivity contribution >= 4 is 51.8 Å². The van der Waals surface area contributed by atoms with Gasteiger partial charge in [-0.05, 0) is 43.0 Å². The van der Waals surface area contributed by atoms with Gasteiger partial charge in [-0.3, -0.25) is 9.79 Å². The highest BCUT2D eigenvalue weighted by atomic mass is 127. The Morgan fingerprint density at radius 2 is 2.04 bits per heavy atom. The first-order chi connectivity index (χ1) is 13.1. The first-order valence-electron chi connectivity index (χ1n) is 9.38. The van der Waals surface area contributed by atoms with Crippen LogP contribution in [0.1, 0.15) is 18.4 Å². The number of ether oxygens (including phenoxy) is 1. The molecule has 3 rings (SSSR count). The summed E-state index contributed by atoms with van der Waals surface area (Å²) in [5, 5.41) is 3.30. The van der Waals surface area contributed by atoms with Crippen LogP contribution in [-0.4, -0.2) is 74.1 Å². The van der Waals surface area contributed by atoms with E-state index in [0.29, 0.717) is 38.2 Å². The van der Waals surface area contributed by atoms with E-state index in [0.717, 1.165) is 36.4 Å². The van der Waals surface area contributed by atoms with Crippen LogP contribution in [0.5, 0.6) is 0 Å². The Bertz CT molecular complexity index is 693. The highest BCUT2D eigenvalue weighted by Gasteiger charge is 2.30. The molecular weight excluding hydrogens is 542 g/mol. The summed E-state index contributed by atoms with van der Waals surface area (Å²) in [6, 6.07) is 4.97. The lowest BCUT2D eigenvalue weighted by molar-refractivity contribution is -0.142. The van der Waals surface area contributed by atoms with Gasteiger partial charge in [0.15, 0.2) is 5.96 Å². The van der Waals surface area contributed by atoms with Crippen molar-refractivity contribution in [3.8, 4) is 0 Å². The molecule has 1 atom stereocenters. The second kappa shape index (κ2) is 11.3. The zero-order valence-electron chi connectivity index (χ0n) is 16.0. The van der Waals surface area contributed by atoms with Crippen molar-refractivity contribution in [2.45, 2.75) is 25.4 Å². The summed E-state index contributed by atoms with van der Waals surface area (Å²) in [6.45, 7) is 4.06. The number of piperazine rings is 1. The van der Waals surface area contributed by atoms with E-state index in [9.17, 15) is 9.18 Å². The lowest BCUT2D eigenvalue weighted by Gasteiger charge is -2.37. The fourth-order valence-corrected chi connectivity index (χ4v) is 3.90. The molecule has 2 aliphatic heterocycles. The van der Waals surface area contributed by atoms with Crippen molar-refractivity contribution in [3.63, 3.8) is 0 Å². The summed E-state index contributed by atoms with van der Waals surface area (Å²) in [5.74, 6) is 0.700. The Morgan fingerprint density at radius 1 is 1.32 bits per heavy atom. The number of nitrogens with one attached hydrogen (secondary N) is 1. The van der Waals surface area contributed by atoms with Crippen LogP contribution < -0.4 is 5.32 Å². The third-order valence-electron chi connectivity index (χ3n) is 4.99. The fraction of sp³-hybridized carbons (Fsp3) is 0.579. The van der Waals surface area contributed by atoms with E-state index in [1.807, 2.05) is 4.90 Å². The number of hydrogen-bond acceptors (Lipinski definition) is 3. The predicted molar refractivity (Wildman–Crippen MR) is 122 cm³/mol. The molecule has 0 aliphatic carbocycles. The van der Waals surface area contributed by atoms with Crippen LogP contribution in [0.25, 0.3) is 0 Å². The molecule has 1 N–H and O–H groups in total. The van der Waals surface area contributed by atoms with Gasteiger partial charge in [0.1, 0.15) is 11.9 Å². The van der Waals surface area contributed by atoms with Crippen molar-refractivity contribution in [1.29, 1.82) is 0 Å². The zero-order valence-corrected chi connectivity index (χ0v) is 19.9. The summed E-state index contributed by atoms with van der Waals surface area (Å²) in [7, 11) is 1.74. The van der Waals surface area contributed by atoms with Crippen molar-refractivity contribution in [1.82, 2.24) is 15.1 Å². The van der Waals surface area contributed by atoms with Gasteiger partial charge in [-0.25, -0.2) is 4.39 Å². The Balaban J connectivity index is 0.00000280. The maximum atomic E-state index is 13.8. The molecule has 1 aromatic rings. The van der Waals surface area contributed by atoms with Gasteiger partial charge in [-0.2, -0.15) is 0 Å². The van der Waals surface area contributed by atoms with Crippen LogP contribution in [0.15, 0.2) is 27.7 Å². The number of rotatable bonds is 4. The third kappa shape index (κ3) is 6.03. The largest absolute Gasteiger partial charge is 0.368 e. The number of benzene rings is 1. The second-order valence-electron chi connectivity index (χ2n) is 6.77. The Kier molecular flexibility index (Phi) is 9.42. The average Bonchev–Trinajstić information content (AvgIpc) is 3.22. The molecule has 28 heavy (non-hydrogen) atoms. The molecule has 1 unspecified atom stereocenters. The minimum Gasteiger partial charge on any atom is -0.368 e. The number of hydrogen-bond donors (Lipinski definition) is 1. The third-order valence-corrected chi connectivity index (χ3v) is 5.49. The molecule has 0 aromatic heterocycles. The van der Waals surface area contributed by atoms with Gasteiger partial charge in [-0.15, -0.1) is 24.0 Å². The van der Waals surface area contributed by atoms with Gasteiger partial charge in [-0.1, -0.05) is 15.9 Å². The Labute approximate surface area is 191 Å². The predicted octanol–water partition coefficient (Wildman–Crippen LogP) is 2.65. The summed E-state index contributed by atoms with van der Waals surface area (Å²) in [6.07, 6.45) is 2.11. The summed E-state index contributed by atoms with van der Waals surface area (Å²) in [4.78, 5) is 20.8. The molecular formula is C19H27BrFIN4O2. The topological polar surface area (TPSA) is 57.2 Å². The maximum Gasteiger partial charge on any atom is 0.251 e. The summed E-state index contributed by atoms with van der Waals surface area (Å²) < 4.78 is 20.2. The molecule has 0 saturated carbocycles. The average molecular weight is 569 g/mol. The minimum atomic E-state index is -0.255. The molecule has 2 saturated heterocycles. The van der Waals surface area contributed by atoms with Gasteiger partial charge in [0.05, 0.1) is 0 Å². The first kappa shape index (κ1) is 23.3. The molecule has 0 spiro atoms. The van der Waals surface area contributed by atoms with Gasteiger partial charge >= 0.3 is 0 Å². The van der Waals surface area contributed by atoms with Crippen LogP contribution in [0.4, 0.5) is 4.39 Å². The van der Waals surface area contributed by atoms with Crippen molar-refractivity contribution < 1.29 is 13.9 Å². The molecule has 156 valence electrons. The van der Waals surface area contributed by atoms with Gasteiger partial charge < -0.3 is 19.9 Å². The van der Waals surface area contributed by atoms with E-state index < -0.39 is 0 Å². The van der Waals surface area contributed by atoms with Crippen LogP contribution in [0, 0.1) is 5.82 Å². The number of amides is 1. The zero-order chi connectivity index (χ0) is 19.2. The Hall–Kier alpha value is -0.940. The SMILES string of the molecule is CN=C(NCCc1cc(Br)ccc1F)N1CCN(C(=O)C2CCCO2)CC1.I. The van der Waals surface area contributed by atoms with E-state index >= 15 is 0 Å². The molecule has 2 fully saturated rings. The maximum absolute atomic E-state index is 13.8. The van der Waals surface area contributed by atoms with Crippen molar-refractivity contribution in [2.75, 3.05) is 46.4 Å². The second-order valence-corrected chi connectivity index (χ2v) is 7.69. The van der Waals surface area contributed by atoms with Crippen LogP contribution in [0.2, 0.25) is 0 Å². The minimum absolute atomic E-state index is 0. The van der Waals surface area contributed by atoms with E-state index in [1.54, 1.807) is 19.2 Å². The molecule has 2 aliphatic rings. The lowest BCUT2D eigenvalue weighted by atomic mass is 10.1. The van der Waals surface area contributed by atoms with Crippen molar-refractivity contribution in [3.05, 3.63) is 34.1 Å². The van der Waals surface area contributed by atoms with Crippen LogP contribution >= 0.6 is 39.9 Å². The van der Waals surface area contributed by atoms with Gasteiger partial charge in [0.2, 0.25) is 0 Å². The number of nitrogens with zero attached hydrogens (tertiary/aromatic N) is 3. The molecule has 9 heteroatoms. The van der Waals surface area contributed by atoms with Gasteiger partial charge in [0.25, 0.3) is 5.91 Å². The van der Waals surface area contributed by atoms with Crippen molar-refractivity contribution in [2.24, 2.45) is 4.99 Å².